The molecule has 0 spiro atoms. The SMILES string of the molecule is C1=CCC=C1.Oc1c(C2C=CCC2)ccc2ccccc12.Oc1ccc(C2C=CCC2)c2ccccc12.Oc1cccc2ccccc12. The Morgan fingerprint density at radius 3 is 1.54 bits per heavy atom. The van der Waals surface area contributed by atoms with Crippen molar-refractivity contribution in [3.63, 3.8) is 0 Å². The second-order valence-corrected chi connectivity index (χ2v) is 12.3. The van der Waals surface area contributed by atoms with Gasteiger partial charge in [-0.15, -0.1) is 0 Å². The van der Waals surface area contributed by atoms with Crippen molar-refractivity contribution in [2.45, 2.75) is 43.9 Å². The first-order chi connectivity index (χ1) is 23.6. The lowest BCUT2D eigenvalue weighted by molar-refractivity contribution is 0.471. The molecule has 0 saturated heterocycles. The number of phenols is 3. The second kappa shape index (κ2) is 15.8. The number of allylic oxidation sites excluding steroid dienone is 8. The zero-order chi connectivity index (χ0) is 33.1. The summed E-state index contributed by atoms with van der Waals surface area (Å²) in [5, 5.41) is 35.7. The molecule has 3 N–H and O–H groups in total. The van der Waals surface area contributed by atoms with Crippen LogP contribution < -0.4 is 0 Å². The van der Waals surface area contributed by atoms with E-state index in [0.717, 1.165) is 51.8 Å². The van der Waals surface area contributed by atoms with E-state index in [1.807, 2.05) is 84.9 Å². The molecule has 0 radical (unpaired) electrons. The highest BCUT2D eigenvalue weighted by molar-refractivity contribution is 5.92. The molecule has 3 nitrogen and oxygen atoms in total. The van der Waals surface area contributed by atoms with Gasteiger partial charge in [-0.05, 0) is 66.0 Å². The van der Waals surface area contributed by atoms with Gasteiger partial charge in [0, 0.05) is 33.6 Å². The Balaban J connectivity index is 0.000000119. The third-order valence-corrected chi connectivity index (χ3v) is 9.11. The molecule has 0 amide bonds. The van der Waals surface area contributed by atoms with Gasteiger partial charge in [0.1, 0.15) is 17.2 Å². The summed E-state index contributed by atoms with van der Waals surface area (Å²) in [6.07, 6.45) is 23.0. The van der Waals surface area contributed by atoms with Crippen molar-refractivity contribution >= 4 is 32.3 Å². The summed E-state index contributed by atoms with van der Waals surface area (Å²) in [6.45, 7) is 0. The van der Waals surface area contributed by atoms with Crippen LogP contribution in [-0.4, -0.2) is 15.3 Å². The fourth-order valence-electron chi connectivity index (χ4n) is 6.59. The highest BCUT2D eigenvalue weighted by Gasteiger charge is 2.17. The maximum atomic E-state index is 10.3. The first kappa shape index (κ1) is 32.4. The molecule has 6 aromatic carbocycles. The van der Waals surface area contributed by atoms with E-state index in [2.05, 4.69) is 72.9 Å². The van der Waals surface area contributed by atoms with Crippen molar-refractivity contribution in [3.8, 4) is 17.2 Å². The van der Waals surface area contributed by atoms with Crippen LogP contribution in [-0.2, 0) is 0 Å². The predicted molar refractivity (Wildman–Crippen MR) is 202 cm³/mol. The standard InChI is InChI=1S/2C15H14O.C10H8O.C5H6/c16-15-10-9-12(11-5-1-2-6-11)13-7-3-4-8-14(13)15;16-15-13-8-4-3-7-12(13)9-10-14(15)11-5-1-2-6-11;11-10-7-3-5-8-4-1-2-6-9(8)10;1-2-4-5-3-1/h2*1,3-5,7-11,16H,2,6H2;1-7,11H;1-4H,5H2. The molecule has 2 unspecified atom stereocenters. The molecule has 2 atom stereocenters. The minimum atomic E-state index is 0.350. The van der Waals surface area contributed by atoms with Crippen LogP contribution >= 0.6 is 0 Å². The zero-order valence-electron chi connectivity index (χ0n) is 27.1. The van der Waals surface area contributed by atoms with Crippen LogP contribution in [0.25, 0.3) is 32.3 Å². The van der Waals surface area contributed by atoms with Crippen molar-refractivity contribution in [2.24, 2.45) is 0 Å². The molecular weight excluding hydrogens is 588 g/mol. The summed E-state index contributed by atoms with van der Waals surface area (Å²) in [4.78, 5) is 0. The molecule has 6 aromatic rings. The van der Waals surface area contributed by atoms with E-state index in [9.17, 15) is 15.3 Å². The summed E-state index contributed by atoms with van der Waals surface area (Å²) < 4.78 is 0. The normalized spacial score (nSPS) is 17.1. The van der Waals surface area contributed by atoms with Gasteiger partial charge < -0.3 is 15.3 Å². The van der Waals surface area contributed by atoms with E-state index in [0.29, 0.717) is 29.1 Å². The molecular formula is C45H42O3. The van der Waals surface area contributed by atoms with Gasteiger partial charge in [0.25, 0.3) is 0 Å². The Bertz CT molecular complexity index is 2100. The number of hydrogen-bond acceptors (Lipinski definition) is 3. The molecule has 0 bridgehead atoms. The predicted octanol–water partition coefficient (Wildman–Crippen LogP) is 12.0. The lowest BCUT2D eigenvalue weighted by atomic mass is 9.93. The molecule has 240 valence electrons. The number of phenolic OH excluding ortho intramolecular Hbond substituents is 3. The van der Waals surface area contributed by atoms with Gasteiger partial charge in [0.2, 0.25) is 0 Å². The Morgan fingerprint density at radius 1 is 0.417 bits per heavy atom. The first-order valence-electron chi connectivity index (χ1n) is 16.8. The minimum absolute atomic E-state index is 0.350. The maximum absolute atomic E-state index is 10.3. The number of benzene rings is 6. The molecule has 48 heavy (non-hydrogen) atoms. The molecule has 0 aliphatic heterocycles. The summed E-state index contributed by atoms with van der Waals surface area (Å²) in [6, 6.07) is 37.3. The lowest BCUT2D eigenvalue weighted by Gasteiger charge is -2.12. The van der Waals surface area contributed by atoms with Gasteiger partial charge in [-0.25, -0.2) is 0 Å². The molecule has 0 aromatic heterocycles. The van der Waals surface area contributed by atoms with Gasteiger partial charge in [0.05, 0.1) is 0 Å². The molecule has 0 heterocycles. The Hall–Kier alpha value is -5.54. The number of rotatable bonds is 2. The molecule has 3 aliphatic rings. The molecule has 3 heteroatoms. The van der Waals surface area contributed by atoms with Crippen molar-refractivity contribution < 1.29 is 15.3 Å². The van der Waals surface area contributed by atoms with Gasteiger partial charge in [-0.3, -0.25) is 0 Å². The van der Waals surface area contributed by atoms with Crippen LogP contribution in [0.1, 0.15) is 55.1 Å². The molecule has 0 saturated carbocycles. The fraction of sp³-hybridized carbons (Fsp3) is 0.156. The monoisotopic (exact) mass is 630 g/mol. The highest BCUT2D eigenvalue weighted by Crippen LogP contribution is 2.38. The summed E-state index contributed by atoms with van der Waals surface area (Å²) >= 11 is 0. The maximum Gasteiger partial charge on any atom is 0.127 e. The van der Waals surface area contributed by atoms with Crippen molar-refractivity contribution in [3.05, 3.63) is 175 Å². The van der Waals surface area contributed by atoms with Crippen molar-refractivity contribution in [2.75, 3.05) is 0 Å². The van der Waals surface area contributed by atoms with Gasteiger partial charge >= 0.3 is 0 Å². The summed E-state index contributed by atoms with van der Waals surface area (Å²) in [5.74, 6) is 2.09. The van der Waals surface area contributed by atoms with E-state index >= 15 is 0 Å². The quantitative estimate of drug-likeness (QED) is 0.167. The Kier molecular flexibility index (Phi) is 10.7. The van der Waals surface area contributed by atoms with E-state index in [1.165, 1.54) is 23.8 Å². The van der Waals surface area contributed by atoms with E-state index < -0.39 is 0 Å². The minimum Gasteiger partial charge on any atom is -0.507 e. The summed E-state index contributed by atoms with van der Waals surface area (Å²) in [7, 11) is 0. The van der Waals surface area contributed by atoms with Gasteiger partial charge in [-0.2, -0.15) is 0 Å². The van der Waals surface area contributed by atoms with Crippen molar-refractivity contribution in [1.29, 1.82) is 0 Å². The third kappa shape index (κ3) is 7.70. The van der Waals surface area contributed by atoms with Crippen LogP contribution in [0.5, 0.6) is 17.2 Å². The molecule has 9 rings (SSSR count). The Morgan fingerprint density at radius 2 is 0.938 bits per heavy atom. The van der Waals surface area contributed by atoms with E-state index in [4.69, 9.17) is 0 Å². The van der Waals surface area contributed by atoms with Crippen LogP contribution in [0.3, 0.4) is 0 Å². The van der Waals surface area contributed by atoms with Gasteiger partial charge in [-0.1, -0.05) is 152 Å². The first-order valence-corrected chi connectivity index (χ1v) is 16.8. The largest absolute Gasteiger partial charge is 0.507 e. The smallest absolute Gasteiger partial charge is 0.127 e. The Labute approximate surface area is 283 Å². The summed E-state index contributed by atoms with van der Waals surface area (Å²) in [5.41, 5.74) is 2.40. The number of fused-ring (bicyclic) bond motifs is 3. The van der Waals surface area contributed by atoms with Crippen LogP contribution in [0, 0.1) is 0 Å². The van der Waals surface area contributed by atoms with Gasteiger partial charge in [0.15, 0.2) is 0 Å². The second-order valence-electron chi connectivity index (χ2n) is 12.3. The topological polar surface area (TPSA) is 60.7 Å². The average Bonchev–Trinajstić information content (AvgIpc) is 3.97. The van der Waals surface area contributed by atoms with Crippen LogP contribution in [0.2, 0.25) is 0 Å². The lowest BCUT2D eigenvalue weighted by Crippen LogP contribution is -1.92. The highest BCUT2D eigenvalue weighted by atomic mass is 16.3. The van der Waals surface area contributed by atoms with Crippen LogP contribution in [0.15, 0.2) is 164 Å². The third-order valence-electron chi connectivity index (χ3n) is 9.11. The zero-order valence-corrected chi connectivity index (χ0v) is 27.1. The van der Waals surface area contributed by atoms with Crippen LogP contribution in [0.4, 0.5) is 0 Å². The van der Waals surface area contributed by atoms with Crippen molar-refractivity contribution in [1.82, 2.24) is 0 Å². The van der Waals surface area contributed by atoms with E-state index in [-0.39, 0.29) is 0 Å². The number of hydrogen-bond donors (Lipinski definition) is 3. The fourth-order valence-corrected chi connectivity index (χ4v) is 6.59. The molecule has 0 fully saturated rings. The molecule has 3 aliphatic carbocycles. The average molecular weight is 631 g/mol. The number of aromatic hydroxyl groups is 3. The van der Waals surface area contributed by atoms with E-state index in [1.54, 1.807) is 6.07 Å².